The SMILES string of the molecule is Cc1cc(C)c(C)c(-c2c3sc4c5ccc(CC(C)(C)C)cc5ccc4c3c([N+](=O)[O-])c[n+]2C)c1. The van der Waals surface area contributed by atoms with Crippen molar-refractivity contribution in [3.05, 3.63) is 81.0 Å². The summed E-state index contributed by atoms with van der Waals surface area (Å²) in [5, 5.41) is 16.2. The summed E-state index contributed by atoms with van der Waals surface area (Å²) >= 11 is 1.67. The van der Waals surface area contributed by atoms with Crippen LogP contribution in [0, 0.1) is 36.3 Å². The average Bonchev–Trinajstić information content (AvgIpc) is 3.14. The molecule has 0 spiro atoms. The predicted molar refractivity (Wildman–Crippen MR) is 147 cm³/mol. The van der Waals surface area contributed by atoms with Crippen LogP contribution < -0.4 is 4.57 Å². The summed E-state index contributed by atoms with van der Waals surface area (Å²) in [6.07, 6.45) is 2.68. The molecule has 0 fully saturated rings. The van der Waals surface area contributed by atoms with Crippen molar-refractivity contribution < 1.29 is 9.49 Å². The topological polar surface area (TPSA) is 47.0 Å². The van der Waals surface area contributed by atoms with Gasteiger partial charge in [-0.3, -0.25) is 10.1 Å². The molecular formula is C30H31N2O2S+. The van der Waals surface area contributed by atoms with Gasteiger partial charge in [0.05, 0.1) is 15.9 Å². The molecule has 0 saturated heterocycles. The lowest BCUT2D eigenvalue weighted by atomic mass is 9.87. The number of benzene rings is 3. The van der Waals surface area contributed by atoms with E-state index in [0.717, 1.165) is 43.2 Å². The van der Waals surface area contributed by atoms with Crippen molar-refractivity contribution in [3.8, 4) is 11.3 Å². The van der Waals surface area contributed by atoms with Gasteiger partial charge >= 0.3 is 5.69 Å². The van der Waals surface area contributed by atoms with Gasteiger partial charge in [0.15, 0.2) is 0 Å². The van der Waals surface area contributed by atoms with E-state index < -0.39 is 0 Å². The molecule has 0 saturated carbocycles. The first kappa shape index (κ1) is 23.4. The Balaban J connectivity index is 1.89. The fraction of sp³-hybridized carbons (Fsp3) is 0.300. The molecule has 0 aliphatic heterocycles. The van der Waals surface area contributed by atoms with Crippen LogP contribution in [0.1, 0.15) is 43.0 Å². The molecule has 0 N–H and O–H groups in total. The molecule has 0 amide bonds. The molecule has 3 aromatic carbocycles. The summed E-state index contributed by atoms with van der Waals surface area (Å²) in [4.78, 5) is 11.9. The maximum Gasteiger partial charge on any atom is 0.341 e. The third-order valence-corrected chi connectivity index (χ3v) is 8.12. The highest BCUT2D eigenvalue weighted by atomic mass is 32.1. The molecule has 35 heavy (non-hydrogen) atoms. The minimum Gasteiger partial charge on any atom is -0.258 e. The van der Waals surface area contributed by atoms with E-state index in [1.165, 1.54) is 27.6 Å². The monoisotopic (exact) mass is 483 g/mol. The van der Waals surface area contributed by atoms with Gasteiger partial charge in [0.2, 0.25) is 11.9 Å². The molecule has 2 aromatic heterocycles. The zero-order valence-corrected chi connectivity index (χ0v) is 22.3. The Morgan fingerprint density at radius 1 is 0.971 bits per heavy atom. The van der Waals surface area contributed by atoms with Gasteiger partial charge in [0.25, 0.3) is 0 Å². The number of nitro groups is 1. The first-order valence-electron chi connectivity index (χ1n) is 12.0. The average molecular weight is 484 g/mol. The minimum absolute atomic E-state index is 0.156. The number of thiophene rings is 1. The normalized spacial score (nSPS) is 12.2. The van der Waals surface area contributed by atoms with Crippen LogP contribution in [0.15, 0.2) is 48.7 Å². The smallest absolute Gasteiger partial charge is 0.258 e. The van der Waals surface area contributed by atoms with Crippen LogP contribution in [0.4, 0.5) is 5.69 Å². The molecule has 5 rings (SSSR count). The largest absolute Gasteiger partial charge is 0.341 e. The van der Waals surface area contributed by atoms with Crippen LogP contribution in [0.5, 0.6) is 0 Å². The molecule has 0 aliphatic rings. The first-order chi connectivity index (χ1) is 16.4. The number of nitrogens with zero attached hydrogens (tertiary/aromatic N) is 2. The molecule has 5 aromatic rings. The quantitative estimate of drug-likeness (QED) is 0.148. The number of hydrogen-bond acceptors (Lipinski definition) is 3. The van der Waals surface area contributed by atoms with Crippen LogP contribution in [-0.4, -0.2) is 4.92 Å². The molecule has 0 unspecified atom stereocenters. The summed E-state index contributed by atoms with van der Waals surface area (Å²) in [6, 6.07) is 15.3. The molecule has 0 atom stereocenters. The van der Waals surface area contributed by atoms with Crippen molar-refractivity contribution in [1.29, 1.82) is 0 Å². The summed E-state index contributed by atoms with van der Waals surface area (Å²) in [7, 11) is 1.92. The van der Waals surface area contributed by atoms with Crippen LogP contribution >= 0.6 is 11.3 Å². The maximum atomic E-state index is 12.2. The van der Waals surface area contributed by atoms with E-state index >= 15 is 0 Å². The van der Waals surface area contributed by atoms with E-state index in [0.29, 0.717) is 0 Å². The van der Waals surface area contributed by atoms with Crippen LogP contribution in [0.3, 0.4) is 0 Å². The zero-order valence-electron chi connectivity index (χ0n) is 21.4. The molecule has 0 radical (unpaired) electrons. The Hall–Kier alpha value is -3.31. The molecule has 2 heterocycles. The van der Waals surface area contributed by atoms with Crippen molar-refractivity contribution in [3.63, 3.8) is 0 Å². The van der Waals surface area contributed by atoms with Gasteiger partial charge in [-0.2, -0.15) is 4.57 Å². The second kappa shape index (κ2) is 8.13. The van der Waals surface area contributed by atoms with E-state index in [9.17, 15) is 10.1 Å². The minimum atomic E-state index is -0.247. The van der Waals surface area contributed by atoms with Gasteiger partial charge in [-0.05, 0) is 66.1 Å². The summed E-state index contributed by atoms with van der Waals surface area (Å²) in [5.74, 6) is 0. The molecule has 178 valence electrons. The van der Waals surface area contributed by atoms with Gasteiger partial charge in [0, 0.05) is 10.1 Å². The number of hydrogen-bond donors (Lipinski definition) is 0. The molecule has 5 heteroatoms. The van der Waals surface area contributed by atoms with Gasteiger partial charge in [-0.15, -0.1) is 11.3 Å². The third kappa shape index (κ3) is 3.98. The third-order valence-electron chi connectivity index (χ3n) is 6.87. The van der Waals surface area contributed by atoms with E-state index in [1.807, 2.05) is 11.6 Å². The van der Waals surface area contributed by atoms with Crippen molar-refractivity contribution in [2.75, 3.05) is 0 Å². The summed E-state index contributed by atoms with van der Waals surface area (Å²) < 4.78 is 4.01. The molecule has 4 nitrogen and oxygen atoms in total. The maximum absolute atomic E-state index is 12.2. The van der Waals surface area contributed by atoms with Gasteiger partial charge in [-0.25, -0.2) is 0 Å². The number of rotatable bonds is 3. The lowest BCUT2D eigenvalue weighted by molar-refractivity contribution is -0.661. The van der Waals surface area contributed by atoms with Crippen LogP contribution in [-0.2, 0) is 13.5 Å². The van der Waals surface area contributed by atoms with E-state index in [4.69, 9.17) is 0 Å². The summed E-state index contributed by atoms with van der Waals surface area (Å²) in [6.45, 7) is 13.1. The summed E-state index contributed by atoms with van der Waals surface area (Å²) in [5.41, 5.74) is 7.47. The number of aromatic nitrogens is 1. The predicted octanol–water partition coefficient (Wildman–Crippen LogP) is 8.12. The van der Waals surface area contributed by atoms with Gasteiger partial charge in [0.1, 0.15) is 11.7 Å². The van der Waals surface area contributed by atoms with E-state index in [2.05, 4.69) is 84.0 Å². The zero-order chi connectivity index (χ0) is 25.2. The lowest BCUT2D eigenvalue weighted by Crippen LogP contribution is -2.31. The van der Waals surface area contributed by atoms with E-state index in [-0.39, 0.29) is 16.0 Å². The Bertz CT molecular complexity index is 1670. The van der Waals surface area contributed by atoms with Crippen molar-refractivity contribution in [2.24, 2.45) is 12.5 Å². The fourth-order valence-corrected chi connectivity index (χ4v) is 6.73. The highest BCUT2D eigenvalue weighted by Gasteiger charge is 2.30. The lowest BCUT2D eigenvalue weighted by Gasteiger charge is -2.18. The molecule has 0 bridgehead atoms. The van der Waals surface area contributed by atoms with Crippen molar-refractivity contribution in [2.45, 2.75) is 48.0 Å². The number of pyridine rings is 1. The number of fused-ring (bicyclic) bond motifs is 5. The standard InChI is InChI=1S/C30H31N2O2S/c1-17-12-18(2)19(3)24(13-17)27-29-26(25(32(33)34)16-31(27)7)23-11-9-21-14-20(15-30(4,5)6)8-10-22(21)28(23)35-29/h8-14,16H,15H2,1-7H3/q+1. The second-order valence-corrected chi connectivity index (χ2v) is 12.0. The Morgan fingerprint density at radius 2 is 1.69 bits per heavy atom. The van der Waals surface area contributed by atoms with Crippen LogP contribution in [0.25, 0.3) is 42.2 Å². The Labute approximate surface area is 210 Å². The van der Waals surface area contributed by atoms with Crippen molar-refractivity contribution in [1.82, 2.24) is 0 Å². The van der Waals surface area contributed by atoms with Gasteiger partial charge in [-0.1, -0.05) is 62.7 Å². The Morgan fingerprint density at radius 3 is 2.37 bits per heavy atom. The highest BCUT2D eigenvalue weighted by Crippen LogP contribution is 2.45. The fourth-order valence-electron chi connectivity index (χ4n) is 5.29. The number of aryl methyl sites for hydroxylation is 3. The molecule has 0 aliphatic carbocycles. The second-order valence-electron chi connectivity index (χ2n) is 11.0. The van der Waals surface area contributed by atoms with Crippen molar-refractivity contribution >= 4 is 48.0 Å². The van der Waals surface area contributed by atoms with E-state index in [1.54, 1.807) is 17.5 Å². The molecular weight excluding hydrogens is 452 g/mol. The first-order valence-corrected chi connectivity index (χ1v) is 12.8. The Kier molecular flexibility index (Phi) is 5.44. The highest BCUT2D eigenvalue weighted by molar-refractivity contribution is 7.27. The van der Waals surface area contributed by atoms with Gasteiger partial charge < -0.3 is 0 Å². The van der Waals surface area contributed by atoms with Crippen LogP contribution in [0.2, 0.25) is 0 Å².